The number of urea groups is 1. The van der Waals surface area contributed by atoms with Gasteiger partial charge in [-0.15, -0.1) is 0 Å². The maximum atomic E-state index is 12.8. The Kier molecular flexibility index (Phi) is 7.46. The molecule has 2 N–H and O–H groups in total. The molecule has 7 heteroatoms. The molecule has 6 nitrogen and oxygen atoms in total. The summed E-state index contributed by atoms with van der Waals surface area (Å²) in [6.45, 7) is 7.06. The van der Waals surface area contributed by atoms with Gasteiger partial charge in [0.25, 0.3) is 0 Å². The smallest absolute Gasteiger partial charge is 0.315 e. The van der Waals surface area contributed by atoms with Crippen LogP contribution in [0.25, 0.3) is 0 Å². The molecular weight excluding hydrogens is 350 g/mol. The molecule has 0 spiro atoms. The molecule has 2 amide bonds. The second-order valence-corrected chi connectivity index (χ2v) is 8.95. The van der Waals surface area contributed by atoms with Crippen molar-refractivity contribution in [1.82, 2.24) is 14.9 Å². The largest absolute Gasteiger partial charge is 0.338 e. The van der Waals surface area contributed by atoms with E-state index in [0.717, 1.165) is 31.2 Å². The number of carbonyl (C=O) groups excluding carboxylic acids is 1. The minimum absolute atomic E-state index is 0.0571. The molecule has 0 bridgehead atoms. The second kappa shape index (κ2) is 9.37. The van der Waals surface area contributed by atoms with Crippen molar-refractivity contribution in [3.63, 3.8) is 0 Å². The maximum absolute atomic E-state index is 12.8. The fraction of sp³-hybridized carbons (Fsp3) is 0.632. The van der Waals surface area contributed by atoms with E-state index in [1.165, 1.54) is 0 Å². The Hall–Kier alpha value is -1.60. The molecule has 2 atom stereocenters. The van der Waals surface area contributed by atoms with E-state index in [0.29, 0.717) is 24.4 Å². The molecule has 146 valence electrons. The summed E-state index contributed by atoms with van der Waals surface area (Å²) in [6.07, 6.45) is 4.48. The highest BCUT2D eigenvalue weighted by atomic mass is 32.2. The number of benzene rings is 1. The van der Waals surface area contributed by atoms with E-state index in [4.69, 9.17) is 0 Å². The van der Waals surface area contributed by atoms with Gasteiger partial charge in [-0.2, -0.15) is 4.31 Å². The summed E-state index contributed by atoms with van der Waals surface area (Å²) >= 11 is 0. The van der Waals surface area contributed by atoms with E-state index >= 15 is 0 Å². The van der Waals surface area contributed by atoms with E-state index in [1.807, 2.05) is 32.9 Å². The van der Waals surface area contributed by atoms with Crippen LogP contribution in [0.15, 0.2) is 29.2 Å². The number of amides is 2. The number of nitrogens with zero attached hydrogens (tertiary/aromatic N) is 1. The Labute approximate surface area is 157 Å². The van der Waals surface area contributed by atoms with Crippen LogP contribution in [0, 0.1) is 0 Å². The van der Waals surface area contributed by atoms with Gasteiger partial charge in [-0.1, -0.05) is 25.5 Å². The van der Waals surface area contributed by atoms with Gasteiger partial charge in [-0.3, -0.25) is 0 Å². The van der Waals surface area contributed by atoms with Crippen molar-refractivity contribution in [1.29, 1.82) is 0 Å². The van der Waals surface area contributed by atoms with Crippen LogP contribution in [-0.4, -0.2) is 43.9 Å². The number of nitrogens with one attached hydrogen (secondary N) is 2. The molecule has 2 unspecified atom stereocenters. The van der Waals surface area contributed by atoms with Crippen molar-refractivity contribution in [2.24, 2.45) is 0 Å². The lowest BCUT2D eigenvalue weighted by Crippen LogP contribution is -2.41. The van der Waals surface area contributed by atoms with Crippen molar-refractivity contribution in [3.8, 4) is 0 Å². The van der Waals surface area contributed by atoms with Crippen LogP contribution < -0.4 is 10.6 Å². The number of carbonyl (C=O) groups is 1. The summed E-state index contributed by atoms with van der Waals surface area (Å²) in [4.78, 5) is 12.0. The maximum Gasteiger partial charge on any atom is 0.315 e. The molecular formula is C19H31N3O3S. The summed E-state index contributed by atoms with van der Waals surface area (Å²) in [5, 5.41) is 5.67. The normalized spacial score (nSPS) is 19.7. The van der Waals surface area contributed by atoms with Gasteiger partial charge in [0.05, 0.1) is 4.90 Å². The topological polar surface area (TPSA) is 78.5 Å². The molecule has 0 radical (unpaired) electrons. The van der Waals surface area contributed by atoms with Crippen LogP contribution in [0.2, 0.25) is 0 Å². The van der Waals surface area contributed by atoms with E-state index in [2.05, 4.69) is 10.6 Å². The highest BCUT2D eigenvalue weighted by Gasteiger charge is 2.30. The third-order valence-electron chi connectivity index (χ3n) is 4.96. The van der Waals surface area contributed by atoms with Gasteiger partial charge >= 0.3 is 6.03 Å². The van der Waals surface area contributed by atoms with E-state index in [9.17, 15) is 13.2 Å². The Balaban J connectivity index is 1.90. The highest BCUT2D eigenvalue weighted by Crippen LogP contribution is 2.25. The number of rotatable bonds is 7. The van der Waals surface area contributed by atoms with E-state index in [-0.39, 0.29) is 18.1 Å². The average Bonchev–Trinajstić information content (AvgIpc) is 2.62. The van der Waals surface area contributed by atoms with Crippen LogP contribution in [0.1, 0.15) is 52.0 Å². The summed E-state index contributed by atoms with van der Waals surface area (Å²) in [5.74, 6) is 0. The molecule has 1 aliphatic rings. The van der Waals surface area contributed by atoms with E-state index in [1.54, 1.807) is 16.4 Å². The van der Waals surface area contributed by atoms with Gasteiger partial charge in [-0.25, -0.2) is 13.2 Å². The summed E-state index contributed by atoms with van der Waals surface area (Å²) < 4.78 is 27.2. The van der Waals surface area contributed by atoms with Gasteiger partial charge < -0.3 is 10.6 Å². The summed E-state index contributed by atoms with van der Waals surface area (Å²) in [5.41, 5.74) is 1.000. The Bertz CT molecular complexity index is 688. The third-order valence-corrected chi connectivity index (χ3v) is 6.99. The van der Waals surface area contributed by atoms with Crippen LogP contribution in [0.5, 0.6) is 0 Å². The van der Waals surface area contributed by atoms with Gasteiger partial charge in [0.2, 0.25) is 10.0 Å². The van der Waals surface area contributed by atoms with Crippen LogP contribution in [0.4, 0.5) is 4.79 Å². The predicted octanol–water partition coefficient (Wildman–Crippen LogP) is 2.89. The van der Waals surface area contributed by atoms with Gasteiger partial charge in [0.1, 0.15) is 0 Å². The first-order valence-corrected chi connectivity index (χ1v) is 10.9. The quantitative estimate of drug-likeness (QED) is 0.762. The number of hydrogen-bond donors (Lipinski definition) is 2. The van der Waals surface area contributed by atoms with E-state index < -0.39 is 10.0 Å². The SMILES string of the molecule is CCC(C)NC(=O)NCCc1ccc(S(=O)(=O)N2CCCCC2C)cc1. The van der Waals surface area contributed by atoms with Gasteiger partial charge in [-0.05, 0) is 57.2 Å². The first-order chi connectivity index (χ1) is 12.3. The molecule has 1 fully saturated rings. The van der Waals surface area contributed by atoms with Gasteiger partial charge in [0, 0.05) is 25.2 Å². The van der Waals surface area contributed by atoms with Crippen LogP contribution in [0.3, 0.4) is 0 Å². The number of piperidine rings is 1. The lowest BCUT2D eigenvalue weighted by Gasteiger charge is -2.32. The Morgan fingerprint density at radius 3 is 2.58 bits per heavy atom. The molecule has 1 saturated heterocycles. The fourth-order valence-electron chi connectivity index (χ4n) is 3.09. The molecule has 0 aromatic heterocycles. The molecule has 2 rings (SSSR count). The molecule has 1 aromatic carbocycles. The Morgan fingerprint density at radius 2 is 1.96 bits per heavy atom. The van der Waals surface area contributed by atoms with Crippen LogP contribution >= 0.6 is 0 Å². The molecule has 1 aliphatic heterocycles. The number of sulfonamides is 1. The van der Waals surface area contributed by atoms with Gasteiger partial charge in [0.15, 0.2) is 0 Å². The van der Waals surface area contributed by atoms with Crippen molar-refractivity contribution < 1.29 is 13.2 Å². The zero-order valence-corrected chi connectivity index (χ0v) is 16.8. The van der Waals surface area contributed by atoms with Crippen molar-refractivity contribution in [3.05, 3.63) is 29.8 Å². The third kappa shape index (κ3) is 5.45. The lowest BCUT2D eigenvalue weighted by atomic mass is 10.1. The molecule has 1 aromatic rings. The van der Waals surface area contributed by atoms with Crippen LogP contribution in [-0.2, 0) is 16.4 Å². The average molecular weight is 382 g/mol. The van der Waals surface area contributed by atoms with Crippen molar-refractivity contribution in [2.75, 3.05) is 13.1 Å². The number of hydrogen-bond acceptors (Lipinski definition) is 3. The molecule has 1 heterocycles. The van der Waals surface area contributed by atoms with Crippen molar-refractivity contribution >= 4 is 16.1 Å². The summed E-state index contributed by atoms with van der Waals surface area (Å²) in [7, 11) is -3.42. The Morgan fingerprint density at radius 1 is 1.27 bits per heavy atom. The minimum Gasteiger partial charge on any atom is -0.338 e. The monoisotopic (exact) mass is 381 g/mol. The standard InChI is InChI=1S/C19H31N3O3S/c1-4-15(2)21-19(23)20-13-12-17-8-10-18(11-9-17)26(24,25)22-14-6-5-7-16(22)3/h8-11,15-16H,4-7,12-14H2,1-3H3,(H2,20,21,23). The lowest BCUT2D eigenvalue weighted by molar-refractivity contribution is 0.237. The molecule has 26 heavy (non-hydrogen) atoms. The predicted molar refractivity (Wildman–Crippen MR) is 104 cm³/mol. The molecule has 0 aliphatic carbocycles. The molecule has 0 saturated carbocycles. The first kappa shape index (κ1) is 20.7. The van der Waals surface area contributed by atoms with Crippen molar-refractivity contribution in [2.45, 2.75) is 69.9 Å². The first-order valence-electron chi connectivity index (χ1n) is 9.49. The minimum atomic E-state index is -3.42. The second-order valence-electron chi connectivity index (χ2n) is 7.06. The zero-order chi connectivity index (χ0) is 19.2. The summed E-state index contributed by atoms with van der Waals surface area (Å²) in [6, 6.07) is 7.04. The highest BCUT2D eigenvalue weighted by molar-refractivity contribution is 7.89. The zero-order valence-electron chi connectivity index (χ0n) is 16.0. The fourth-order valence-corrected chi connectivity index (χ4v) is 4.79.